The topological polar surface area (TPSA) is 70.6 Å². The Morgan fingerprint density at radius 1 is 1.24 bits per heavy atom. The molecule has 2 amide bonds. The standard InChI is InChI=1S/C12H15N3O2/c1-2-8-13-11(16)12(17)15-14-9-10-6-4-3-5-7-10/h3-7,9H,2,8H2,1H3,(H,13,16)(H,15,17)/b14-9-. The van der Waals surface area contributed by atoms with Crippen molar-refractivity contribution in [3.05, 3.63) is 35.9 Å². The maximum atomic E-state index is 11.2. The van der Waals surface area contributed by atoms with Crippen LogP contribution in [0.15, 0.2) is 35.4 Å². The van der Waals surface area contributed by atoms with Crippen LogP contribution in [0.5, 0.6) is 0 Å². The van der Waals surface area contributed by atoms with Gasteiger partial charge in [0.1, 0.15) is 0 Å². The van der Waals surface area contributed by atoms with Crippen molar-refractivity contribution in [1.29, 1.82) is 0 Å². The molecule has 1 aromatic rings. The van der Waals surface area contributed by atoms with Crippen LogP contribution >= 0.6 is 0 Å². The number of benzene rings is 1. The summed E-state index contributed by atoms with van der Waals surface area (Å²) in [6.07, 6.45) is 2.26. The Morgan fingerprint density at radius 2 is 1.94 bits per heavy atom. The van der Waals surface area contributed by atoms with Crippen molar-refractivity contribution >= 4 is 18.0 Å². The summed E-state index contributed by atoms with van der Waals surface area (Å²) in [5.41, 5.74) is 3.01. The first-order chi connectivity index (χ1) is 8.24. The predicted molar refractivity (Wildman–Crippen MR) is 65.5 cm³/mol. The average molecular weight is 233 g/mol. The number of nitrogens with one attached hydrogen (secondary N) is 2. The van der Waals surface area contributed by atoms with Crippen LogP contribution in [0, 0.1) is 0 Å². The molecule has 0 unspecified atom stereocenters. The summed E-state index contributed by atoms with van der Waals surface area (Å²) in [7, 11) is 0. The molecule has 2 N–H and O–H groups in total. The molecule has 0 aromatic heterocycles. The zero-order chi connectivity index (χ0) is 12.5. The Hall–Kier alpha value is -2.17. The molecule has 1 aromatic carbocycles. The van der Waals surface area contributed by atoms with E-state index in [1.54, 1.807) is 0 Å². The second-order valence-corrected chi connectivity index (χ2v) is 3.37. The molecule has 0 spiro atoms. The van der Waals surface area contributed by atoms with E-state index in [0.717, 1.165) is 12.0 Å². The second kappa shape index (κ2) is 7.16. The van der Waals surface area contributed by atoms with Crippen LogP contribution in [0.3, 0.4) is 0 Å². The van der Waals surface area contributed by atoms with E-state index >= 15 is 0 Å². The molecule has 0 aliphatic heterocycles. The van der Waals surface area contributed by atoms with E-state index in [2.05, 4.69) is 15.8 Å². The molecular formula is C12H15N3O2. The Bertz CT molecular complexity index is 401. The van der Waals surface area contributed by atoms with Crippen LogP contribution in [-0.2, 0) is 9.59 Å². The van der Waals surface area contributed by atoms with Crippen molar-refractivity contribution in [1.82, 2.24) is 10.7 Å². The molecule has 0 aliphatic carbocycles. The molecule has 90 valence electrons. The fourth-order valence-electron chi connectivity index (χ4n) is 1.07. The quantitative estimate of drug-likeness (QED) is 0.455. The van der Waals surface area contributed by atoms with Crippen LogP contribution in [0.4, 0.5) is 0 Å². The van der Waals surface area contributed by atoms with Gasteiger partial charge in [-0.15, -0.1) is 0 Å². The van der Waals surface area contributed by atoms with Gasteiger partial charge in [0, 0.05) is 6.54 Å². The van der Waals surface area contributed by atoms with E-state index in [1.807, 2.05) is 37.3 Å². The van der Waals surface area contributed by atoms with E-state index in [0.29, 0.717) is 6.54 Å². The van der Waals surface area contributed by atoms with Gasteiger partial charge in [-0.05, 0) is 12.0 Å². The minimum Gasteiger partial charge on any atom is -0.348 e. The van der Waals surface area contributed by atoms with E-state index in [9.17, 15) is 9.59 Å². The highest BCUT2D eigenvalue weighted by Gasteiger charge is 2.10. The number of hydrogen-bond acceptors (Lipinski definition) is 3. The average Bonchev–Trinajstić information content (AvgIpc) is 2.37. The molecule has 0 aliphatic rings. The van der Waals surface area contributed by atoms with Crippen LogP contribution in [0.1, 0.15) is 18.9 Å². The fraction of sp³-hybridized carbons (Fsp3) is 0.250. The predicted octanol–water partition coefficient (Wildman–Crippen LogP) is 0.663. The third kappa shape index (κ3) is 4.92. The van der Waals surface area contributed by atoms with Gasteiger partial charge in [-0.2, -0.15) is 5.10 Å². The number of hydrazone groups is 1. The maximum Gasteiger partial charge on any atom is 0.329 e. The summed E-state index contributed by atoms with van der Waals surface area (Å²) in [6, 6.07) is 9.28. The van der Waals surface area contributed by atoms with Crippen molar-refractivity contribution in [2.75, 3.05) is 6.54 Å². The van der Waals surface area contributed by atoms with Crippen molar-refractivity contribution in [2.24, 2.45) is 5.10 Å². The highest BCUT2D eigenvalue weighted by atomic mass is 16.2. The third-order valence-corrected chi connectivity index (χ3v) is 1.92. The number of hydrogen-bond donors (Lipinski definition) is 2. The fourth-order valence-corrected chi connectivity index (χ4v) is 1.07. The van der Waals surface area contributed by atoms with Gasteiger partial charge in [0.05, 0.1) is 6.21 Å². The smallest absolute Gasteiger partial charge is 0.329 e. The second-order valence-electron chi connectivity index (χ2n) is 3.37. The molecule has 0 saturated heterocycles. The molecule has 5 heteroatoms. The monoisotopic (exact) mass is 233 g/mol. The van der Waals surface area contributed by atoms with Gasteiger partial charge < -0.3 is 5.32 Å². The van der Waals surface area contributed by atoms with Gasteiger partial charge in [-0.3, -0.25) is 9.59 Å². The highest BCUT2D eigenvalue weighted by Crippen LogP contribution is 1.92. The highest BCUT2D eigenvalue weighted by molar-refractivity contribution is 6.35. The lowest BCUT2D eigenvalue weighted by Gasteiger charge is -2.00. The Balaban J connectivity index is 2.38. The van der Waals surface area contributed by atoms with Gasteiger partial charge >= 0.3 is 11.8 Å². The van der Waals surface area contributed by atoms with Crippen molar-refractivity contribution in [3.8, 4) is 0 Å². The summed E-state index contributed by atoms with van der Waals surface area (Å²) < 4.78 is 0. The largest absolute Gasteiger partial charge is 0.348 e. The van der Waals surface area contributed by atoms with E-state index < -0.39 is 11.8 Å². The lowest BCUT2D eigenvalue weighted by atomic mass is 10.2. The van der Waals surface area contributed by atoms with Crippen LogP contribution < -0.4 is 10.7 Å². The van der Waals surface area contributed by atoms with Gasteiger partial charge in [0.15, 0.2) is 0 Å². The zero-order valence-electron chi connectivity index (χ0n) is 9.64. The number of carbonyl (C=O) groups excluding carboxylic acids is 2. The summed E-state index contributed by atoms with van der Waals surface area (Å²) in [5.74, 6) is -1.43. The molecule has 1 rings (SSSR count). The van der Waals surface area contributed by atoms with Gasteiger partial charge in [0.25, 0.3) is 0 Å². The Kier molecular flexibility index (Phi) is 5.43. The first-order valence-corrected chi connectivity index (χ1v) is 5.40. The number of nitrogens with zero attached hydrogens (tertiary/aromatic N) is 1. The van der Waals surface area contributed by atoms with Crippen LogP contribution in [-0.4, -0.2) is 24.6 Å². The first-order valence-electron chi connectivity index (χ1n) is 5.40. The molecule has 0 radical (unpaired) electrons. The summed E-state index contributed by atoms with van der Waals surface area (Å²) in [5, 5.41) is 6.14. The molecule has 0 atom stereocenters. The minimum absolute atomic E-state index is 0.481. The van der Waals surface area contributed by atoms with Crippen LogP contribution in [0.25, 0.3) is 0 Å². The Labute approximate surface area is 99.9 Å². The minimum atomic E-state index is -0.759. The molecule has 0 saturated carbocycles. The van der Waals surface area contributed by atoms with Crippen molar-refractivity contribution in [3.63, 3.8) is 0 Å². The van der Waals surface area contributed by atoms with Gasteiger partial charge in [0.2, 0.25) is 0 Å². The normalized spacial score (nSPS) is 10.2. The van der Waals surface area contributed by atoms with Crippen molar-refractivity contribution < 1.29 is 9.59 Å². The molecule has 0 heterocycles. The van der Waals surface area contributed by atoms with Gasteiger partial charge in [-0.1, -0.05) is 37.3 Å². The molecule has 0 fully saturated rings. The van der Waals surface area contributed by atoms with E-state index in [-0.39, 0.29) is 0 Å². The molecule has 17 heavy (non-hydrogen) atoms. The number of carbonyl (C=O) groups is 2. The van der Waals surface area contributed by atoms with Crippen LogP contribution in [0.2, 0.25) is 0 Å². The van der Waals surface area contributed by atoms with Crippen molar-refractivity contribution in [2.45, 2.75) is 13.3 Å². The summed E-state index contributed by atoms with van der Waals surface area (Å²) in [6.45, 7) is 2.39. The third-order valence-electron chi connectivity index (χ3n) is 1.92. The van der Waals surface area contributed by atoms with E-state index in [1.165, 1.54) is 6.21 Å². The zero-order valence-corrected chi connectivity index (χ0v) is 9.64. The van der Waals surface area contributed by atoms with E-state index in [4.69, 9.17) is 0 Å². The SMILES string of the molecule is CCCNC(=O)C(=O)N/N=C\c1ccccc1. The Morgan fingerprint density at radius 3 is 2.59 bits per heavy atom. The number of rotatable bonds is 4. The maximum absolute atomic E-state index is 11.2. The first kappa shape index (κ1) is 12.9. The molecule has 0 bridgehead atoms. The lowest BCUT2D eigenvalue weighted by Crippen LogP contribution is -2.38. The molecular weight excluding hydrogens is 218 g/mol. The number of amides is 2. The molecule has 5 nitrogen and oxygen atoms in total. The summed E-state index contributed by atoms with van der Waals surface area (Å²) >= 11 is 0. The lowest BCUT2D eigenvalue weighted by molar-refractivity contribution is -0.139. The summed E-state index contributed by atoms with van der Waals surface area (Å²) in [4.78, 5) is 22.3. The van der Waals surface area contributed by atoms with Gasteiger partial charge in [-0.25, -0.2) is 5.43 Å².